The third kappa shape index (κ3) is 7.27. The molecule has 4 amide bonds. The maximum atomic E-state index is 13.5. The molecule has 1 aromatic heterocycles. The third-order valence-electron chi connectivity index (χ3n) is 9.70. The molecule has 2 aromatic rings. The van der Waals surface area contributed by atoms with Gasteiger partial charge in [-0.05, 0) is 57.0 Å². The molecule has 0 unspecified atom stereocenters. The zero-order chi connectivity index (χ0) is 32.2. The maximum absolute atomic E-state index is 13.5. The molecule has 4 heterocycles. The second-order valence-electron chi connectivity index (χ2n) is 13.1. The SMILES string of the molecule is COC(=O)N(CCN1CCN(C(=O)N(C)C)CC1)CCN1[C@@H]2CC[C@H]1C[C@H](NC(=O)c1cc3ccccc3n(C(C)C)c1=O)C2. The number of nitrogens with zero attached hydrogens (tertiary/aromatic N) is 6. The molecule has 45 heavy (non-hydrogen) atoms. The maximum Gasteiger partial charge on any atom is 0.409 e. The van der Waals surface area contributed by atoms with Crippen LogP contribution >= 0.6 is 0 Å². The van der Waals surface area contributed by atoms with E-state index in [0.717, 1.165) is 62.8 Å². The Hall–Kier alpha value is -3.64. The Labute approximate surface area is 265 Å². The number of aromatic nitrogens is 1. The average molecular weight is 624 g/mol. The quantitative estimate of drug-likeness (QED) is 0.458. The number of piperidine rings is 1. The van der Waals surface area contributed by atoms with Gasteiger partial charge in [0.05, 0.1) is 12.6 Å². The van der Waals surface area contributed by atoms with Crippen LogP contribution < -0.4 is 10.9 Å². The van der Waals surface area contributed by atoms with Gasteiger partial charge in [-0.1, -0.05) is 18.2 Å². The minimum absolute atomic E-state index is 0.000579. The number of urea groups is 1. The number of carbonyl (C=O) groups is 3. The Morgan fingerprint density at radius 3 is 2.24 bits per heavy atom. The summed E-state index contributed by atoms with van der Waals surface area (Å²) in [4.78, 5) is 61.8. The predicted octanol–water partition coefficient (Wildman–Crippen LogP) is 2.68. The molecule has 3 aliphatic heterocycles. The number of benzene rings is 1. The van der Waals surface area contributed by atoms with E-state index >= 15 is 0 Å². The number of methoxy groups -OCH3 is 1. The number of nitrogens with one attached hydrogen (secondary N) is 1. The van der Waals surface area contributed by atoms with Gasteiger partial charge < -0.3 is 29.3 Å². The number of ether oxygens (including phenoxy) is 1. The van der Waals surface area contributed by atoms with Crippen LogP contribution in [0.2, 0.25) is 0 Å². The van der Waals surface area contributed by atoms with E-state index in [9.17, 15) is 19.2 Å². The van der Waals surface area contributed by atoms with Crippen molar-refractivity contribution < 1.29 is 19.1 Å². The van der Waals surface area contributed by atoms with Crippen molar-refractivity contribution in [1.82, 2.24) is 34.4 Å². The van der Waals surface area contributed by atoms with Crippen molar-refractivity contribution in [1.29, 1.82) is 0 Å². The van der Waals surface area contributed by atoms with Crippen LogP contribution in [0.4, 0.5) is 9.59 Å². The third-order valence-corrected chi connectivity index (χ3v) is 9.70. The molecule has 0 aliphatic carbocycles. The summed E-state index contributed by atoms with van der Waals surface area (Å²) in [5.41, 5.74) is 0.769. The molecule has 0 spiro atoms. The molecule has 12 heteroatoms. The number of carbonyl (C=O) groups excluding carboxylic acids is 3. The van der Waals surface area contributed by atoms with Crippen LogP contribution in [0.1, 0.15) is 55.9 Å². The first-order valence-electron chi connectivity index (χ1n) is 16.3. The van der Waals surface area contributed by atoms with E-state index < -0.39 is 0 Å². The molecule has 3 saturated heterocycles. The lowest BCUT2D eigenvalue weighted by atomic mass is 9.96. The Morgan fingerprint density at radius 1 is 0.978 bits per heavy atom. The van der Waals surface area contributed by atoms with Crippen molar-refractivity contribution in [2.75, 3.05) is 73.6 Å². The summed E-state index contributed by atoms with van der Waals surface area (Å²) >= 11 is 0. The zero-order valence-electron chi connectivity index (χ0n) is 27.4. The van der Waals surface area contributed by atoms with Crippen molar-refractivity contribution in [3.05, 3.63) is 46.2 Å². The summed E-state index contributed by atoms with van der Waals surface area (Å²) in [6.45, 7) is 9.45. The molecule has 3 fully saturated rings. The lowest BCUT2D eigenvalue weighted by Gasteiger charge is -2.40. The lowest BCUT2D eigenvalue weighted by molar-refractivity contribution is 0.0732. The summed E-state index contributed by atoms with van der Waals surface area (Å²) in [6, 6.07) is 10.0. The van der Waals surface area contributed by atoms with Crippen molar-refractivity contribution in [2.24, 2.45) is 0 Å². The number of amides is 4. The monoisotopic (exact) mass is 623 g/mol. The Balaban J connectivity index is 1.15. The highest BCUT2D eigenvalue weighted by molar-refractivity contribution is 5.97. The normalized spacial score (nSPS) is 22.1. The number of fused-ring (bicyclic) bond motifs is 3. The summed E-state index contributed by atoms with van der Waals surface area (Å²) in [7, 11) is 4.96. The van der Waals surface area contributed by atoms with Crippen molar-refractivity contribution in [2.45, 2.75) is 63.7 Å². The second-order valence-corrected chi connectivity index (χ2v) is 13.1. The van der Waals surface area contributed by atoms with Gasteiger partial charge in [-0.25, -0.2) is 9.59 Å². The first-order chi connectivity index (χ1) is 21.6. The van der Waals surface area contributed by atoms with Crippen LogP contribution in [0.3, 0.4) is 0 Å². The van der Waals surface area contributed by atoms with Gasteiger partial charge >= 0.3 is 12.1 Å². The van der Waals surface area contributed by atoms with Crippen LogP contribution in [-0.2, 0) is 4.74 Å². The van der Waals surface area contributed by atoms with Gasteiger partial charge in [0.25, 0.3) is 11.5 Å². The lowest BCUT2D eigenvalue weighted by Crippen LogP contribution is -2.54. The van der Waals surface area contributed by atoms with Gasteiger partial charge in [0.15, 0.2) is 0 Å². The molecule has 2 bridgehead atoms. The highest BCUT2D eigenvalue weighted by atomic mass is 16.5. The number of para-hydroxylation sites is 1. The van der Waals surface area contributed by atoms with E-state index in [-0.39, 0.29) is 41.2 Å². The Morgan fingerprint density at radius 2 is 1.62 bits per heavy atom. The molecule has 1 N–H and O–H groups in total. The first-order valence-corrected chi connectivity index (χ1v) is 16.3. The Bertz CT molecular complexity index is 1420. The van der Waals surface area contributed by atoms with E-state index in [1.165, 1.54) is 7.11 Å². The van der Waals surface area contributed by atoms with Crippen molar-refractivity contribution in [3.8, 4) is 0 Å². The minimum Gasteiger partial charge on any atom is -0.453 e. The van der Waals surface area contributed by atoms with Crippen molar-refractivity contribution >= 4 is 28.9 Å². The predicted molar refractivity (Wildman–Crippen MR) is 174 cm³/mol. The van der Waals surface area contributed by atoms with E-state index in [1.54, 1.807) is 34.5 Å². The number of rotatable bonds is 9. The molecular formula is C33H49N7O5. The van der Waals surface area contributed by atoms with Gasteiger partial charge in [0.1, 0.15) is 5.56 Å². The molecular weight excluding hydrogens is 574 g/mol. The molecule has 246 valence electrons. The van der Waals surface area contributed by atoms with Gasteiger partial charge in [-0.15, -0.1) is 0 Å². The van der Waals surface area contributed by atoms with Crippen LogP contribution in [0.15, 0.2) is 35.1 Å². The van der Waals surface area contributed by atoms with Gasteiger partial charge in [0.2, 0.25) is 0 Å². The minimum atomic E-state index is -0.326. The standard InChI is InChI=1S/C33H49N7O5/c1-23(2)40-29-9-7-6-8-24(29)20-28(31(40)42)30(41)34-25-21-26-10-11-27(22-25)39(26)19-18-38(33(44)45-5)17-14-36-12-15-37(16-13-36)32(43)35(3)4/h6-9,20,23,25-27H,10-19,21-22H2,1-5H3,(H,34,41)/t25-,26-,27+. The number of pyridine rings is 1. The highest BCUT2D eigenvalue weighted by Gasteiger charge is 2.41. The Kier molecular flexibility index (Phi) is 10.3. The van der Waals surface area contributed by atoms with Crippen LogP contribution in [0.25, 0.3) is 10.9 Å². The highest BCUT2D eigenvalue weighted by Crippen LogP contribution is 2.35. The van der Waals surface area contributed by atoms with E-state index in [0.29, 0.717) is 38.3 Å². The first kappa shape index (κ1) is 32.7. The summed E-state index contributed by atoms with van der Waals surface area (Å²) in [5, 5.41) is 4.07. The van der Waals surface area contributed by atoms with E-state index in [2.05, 4.69) is 15.1 Å². The van der Waals surface area contributed by atoms with Crippen LogP contribution in [0, 0.1) is 0 Å². The molecule has 0 saturated carbocycles. The largest absolute Gasteiger partial charge is 0.453 e. The molecule has 1 aromatic carbocycles. The molecule has 3 atom stereocenters. The second kappa shape index (κ2) is 14.2. The smallest absolute Gasteiger partial charge is 0.409 e. The van der Waals surface area contributed by atoms with Crippen LogP contribution in [0.5, 0.6) is 0 Å². The topological polar surface area (TPSA) is 111 Å². The van der Waals surface area contributed by atoms with E-state index in [4.69, 9.17) is 4.74 Å². The number of piperazine rings is 1. The molecule has 0 radical (unpaired) electrons. The fourth-order valence-electron chi connectivity index (χ4n) is 7.35. The fraction of sp³-hybridized carbons (Fsp3) is 0.636. The summed E-state index contributed by atoms with van der Waals surface area (Å²) in [6.07, 6.45) is 3.43. The number of hydrogen-bond acceptors (Lipinski definition) is 7. The van der Waals surface area contributed by atoms with Gasteiger partial charge in [-0.2, -0.15) is 0 Å². The molecule has 12 nitrogen and oxygen atoms in total. The fourth-order valence-corrected chi connectivity index (χ4v) is 7.35. The number of hydrogen-bond donors (Lipinski definition) is 1. The van der Waals surface area contributed by atoms with E-state index in [1.807, 2.05) is 43.0 Å². The summed E-state index contributed by atoms with van der Waals surface area (Å²) < 4.78 is 6.82. The summed E-state index contributed by atoms with van der Waals surface area (Å²) in [5.74, 6) is -0.304. The van der Waals surface area contributed by atoms with Crippen LogP contribution in [-0.4, -0.2) is 139 Å². The zero-order valence-corrected chi connectivity index (χ0v) is 27.4. The average Bonchev–Trinajstić information content (AvgIpc) is 3.26. The molecule has 3 aliphatic rings. The molecule has 5 rings (SSSR count). The van der Waals surface area contributed by atoms with Gasteiger partial charge in [0, 0.05) is 90.6 Å². The van der Waals surface area contributed by atoms with Gasteiger partial charge in [-0.3, -0.25) is 19.4 Å². The van der Waals surface area contributed by atoms with Crippen molar-refractivity contribution in [3.63, 3.8) is 0 Å².